The number of ether oxygens (including phenoxy) is 1. The number of carbonyl (C=O) groups is 1. The van der Waals surface area contributed by atoms with Crippen molar-refractivity contribution in [2.45, 2.75) is 18.2 Å². The number of rotatable bonds is 6. The lowest BCUT2D eigenvalue weighted by atomic mass is 10.2. The topological polar surface area (TPSA) is 65.2 Å². The van der Waals surface area contributed by atoms with Gasteiger partial charge in [-0.05, 0) is 23.8 Å². The van der Waals surface area contributed by atoms with Gasteiger partial charge in [-0.3, -0.25) is 4.79 Å². The van der Waals surface area contributed by atoms with E-state index in [0.29, 0.717) is 11.6 Å². The van der Waals surface area contributed by atoms with Gasteiger partial charge < -0.3 is 10.5 Å². The summed E-state index contributed by atoms with van der Waals surface area (Å²) in [6.45, 7) is 0. The first-order chi connectivity index (χ1) is 8.13. The van der Waals surface area contributed by atoms with Crippen LogP contribution in [0.25, 0.3) is 0 Å². The van der Waals surface area contributed by atoms with E-state index in [4.69, 9.17) is 17.3 Å². The molecule has 17 heavy (non-hydrogen) atoms. The Labute approximate surface area is 110 Å². The van der Waals surface area contributed by atoms with Gasteiger partial charge >= 0.3 is 5.97 Å². The van der Waals surface area contributed by atoms with Crippen LogP contribution in [0.2, 0.25) is 5.15 Å². The Morgan fingerprint density at radius 1 is 1.65 bits per heavy atom. The molecule has 94 valence electrons. The number of nitrogens with two attached hydrogens (primary N) is 1. The molecule has 0 spiro atoms. The van der Waals surface area contributed by atoms with Crippen LogP contribution in [0.1, 0.15) is 12.0 Å². The summed E-state index contributed by atoms with van der Waals surface area (Å²) >= 11 is 7.38. The van der Waals surface area contributed by atoms with Gasteiger partial charge in [-0.1, -0.05) is 17.7 Å². The zero-order valence-electron chi connectivity index (χ0n) is 9.56. The molecule has 6 heteroatoms. The van der Waals surface area contributed by atoms with E-state index in [1.165, 1.54) is 7.11 Å². The molecule has 4 nitrogen and oxygen atoms in total. The minimum Gasteiger partial charge on any atom is -0.468 e. The van der Waals surface area contributed by atoms with E-state index in [1.54, 1.807) is 24.0 Å². The largest absolute Gasteiger partial charge is 0.468 e. The number of esters is 1. The van der Waals surface area contributed by atoms with Gasteiger partial charge in [-0.15, -0.1) is 0 Å². The van der Waals surface area contributed by atoms with Gasteiger partial charge in [0.1, 0.15) is 11.2 Å². The molecule has 0 saturated heterocycles. The molecule has 0 radical (unpaired) electrons. The summed E-state index contributed by atoms with van der Waals surface area (Å²) in [5, 5.41) is 0.492. The van der Waals surface area contributed by atoms with Crippen molar-refractivity contribution in [3.05, 3.63) is 29.0 Å². The summed E-state index contributed by atoms with van der Waals surface area (Å²) in [6.07, 6.45) is 2.36. The maximum absolute atomic E-state index is 11.0. The number of halogens is 1. The zero-order chi connectivity index (χ0) is 12.7. The Kier molecular flexibility index (Phi) is 6.32. The van der Waals surface area contributed by atoms with E-state index in [2.05, 4.69) is 9.72 Å². The molecule has 1 unspecified atom stereocenters. The van der Waals surface area contributed by atoms with Gasteiger partial charge in [-0.2, -0.15) is 11.8 Å². The third kappa shape index (κ3) is 5.39. The smallest absolute Gasteiger partial charge is 0.322 e. The number of carbonyl (C=O) groups excluding carboxylic acids is 1. The minimum atomic E-state index is -0.532. The second-order valence-corrected chi connectivity index (χ2v) is 4.95. The normalized spacial score (nSPS) is 12.2. The van der Waals surface area contributed by atoms with E-state index in [9.17, 15) is 4.79 Å². The van der Waals surface area contributed by atoms with Crippen molar-refractivity contribution in [2.75, 3.05) is 12.9 Å². The highest BCUT2D eigenvalue weighted by atomic mass is 35.5. The molecule has 1 aromatic rings. The SMILES string of the molecule is COC(=O)C(N)CCSCc1ccc(Cl)nc1. The van der Waals surface area contributed by atoms with Gasteiger partial charge in [0.2, 0.25) is 0 Å². The Morgan fingerprint density at radius 3 is 3.00 bits per heavy atom. The molecular weight excluding hydrogens is 260 g/mol. The average molecular weight is 275 g/mol. The first-order valence-corrected chi connectivity index (χ1v) is 6.68. The fraction of sp³-hybridized carbons (Fsp3) is 0.455. The molecule has 2 N–H and O–H groups in total. The van der Waals surface area contributed by atoms with Crippen molar-refractivity contribution >= 4 is 29.3 Å². The lowest BCUT2D eigenvalue weighted by Crippen LogP contribution is -2.31. The molecule has 0 aliphatic rings. The molecule has 0 fully saturated rings. The van der Waals surface area contributed by atoms with E-state index < -0.39 is 6.04 Å². The van der Waals surface area contributed by atoms with Crippen LogP contribution in [-0.4, -0.2) is 29.9 Å². The molecule has 1 rings (SSSR count). The Hall–Kier alpha value is -0.780. The van der Waals surface area contributed by atoms with Gasteiger partial charge in [0.25, 0.3) is 0 Å². The summed E-state index contributed by atoms with van der Waals surface area (Å²) in [5.41, 5.74) is 6.71. The van der Waals surface area contributed by atoms with Gasteiger partial charge in [0.15, 0.2) is 0 Å². The zero-order valence-corrected chi connectivity index (χ0v) is 11.1. The highest BCUT2D eigenvalue weighted by Crippen LogP contribution is 2.14. The highest BCUT2D eigenvalue weighted by Gasteiger charge is 2.12. The maximum Gasteiger partial charge on any atom is 0.322 e. The predicted octanol–water partition coefficient (Wildman–Crippen LogP) is 1.86. The summed E-state index contributed by atoms with van der Waals surface area (Å²) < 4.78 is 4.54. The van der Waals surface area contributed by atoms with Crippen molar-refractivity contribution in [1.29, 1.82) is 0 Å². The Morgan fingerprint density at radius 2 is 2.41 bits per heavy atom. The summed E-state index contributed by atoms with van der Waals surface area (Å²) in [7, 11) is 1.34. The molecule has 1 aromatic heterocycles. The number of pyridine rings is 1. The third-order valence-electron chi connectivity index (χ3n) is 2.13. The second-order valence-electron chi connectivity index (χ2n) is 3.46. The Bertz CT molecular complexity index is 359. The van der Waals surface area contributed by atoms with E-state index in [0.717, 1.165) is 17.1 Å². The quantitative estimate of drug-likeness (QED) is 0.487. The monoisotopic (exact) mass is 274 g/mol. The molecule has 0 amide bonds. The van der Waals surface area contributed by atoms with E-state index in [-0.39, 0.29) is 5.97 Å². The van der Waals surface area contributed by atoms with Crippen LogP contribution in [0.4, 0.5) is 0 Å². The van der Waals surface area contributed by atoms with Crippen LogP contribution in [0.5, 0.6) is 0 Å². The fourth-order valence-corrected chi connectivity index (χ4v) is 2.24. The standard InChI is InChI=1S/C11H15ClN2O2S/c1-16-11(15)9(13)4-5-17-7-8-2-3-10(12)14-6-8/h2-3,6,9H,4-5,7,13H2,1H3. The fourth-order valence-electron chi connectivity index (χ4n) is 1.16. The van der Waals surface area contributed by atoms with Crippen molar-refractivity contribution in [2.24, 2.45) is 5.73 Å². The van der Waals surface area contributed by atoms with Gasteiger partial charge in [0, 0.05) is 11.9 Å². The van der Waals surface area contributed by atoms with Crippen molar-refractivity contribution in [3.8, 4) is 0 Å². The number of thioether (sulfide) groups is 1. The lowest BCUT2D eigenvalue weighted by molar-refractivity contribution is -0.142. The van der Waals surface area contributed by atoms with E-state index >= 15 is 0 Å². The maximum atomic E-state index is 11.0. The Balaban J connectivity index is 2.20. The van der Waals surface area contributed by atoms with Crippen LogP contribution in [-0.2, 0) is 15.3 Å². The first-order valence-electron chi connectivity index (χ1n) is 5.15. The summed E-state index contributed by atoms with van der Waals surface area (Å²) in [4.78, 5) is 15.0. The van der Waals surface area contributed by atoms with Crippen LogP contribution in [0.3, 0.4) is 0 Å². The lowest BCUT2D eigenvalue weighted by Gasteiger charge is -2.08. The van der Waals surface area contributed by atoms with Crippen LogP contribution >= 0.6 is 23.4 Å². The molecule has 0 aliphatic carbocycles. The molecule has 0 bridgehead atoms. The molecule has 0 saturated carbocycles. The van der Waals surface area contributed by atoms with E-state index in [1.807, 2.05) is 6.07 Å². The third-order valence-corrected chi connectivity index (χ3v) is 3.42. The molecule has 0 aromatic carbocycles. The molecule has 1 heterocycles. The van der Waals surface area contributed by atoms with Gasteiger partial charge in [-0.25, -0.2) is 4.98 Å². The number of hydrogen-bond acceptors (Lipinski definition) is 5. The van der Waals surface area contributed by atoms with Crippen LogP contribution in [0, 0.1) is 0 Å². The molecule has 0 aliphatic heterocycles. The van der Waals surface area contributed by atoms with Crippen LogP contribution in [0.15, 0.2) is 18.3 Å². The predicted molar refractivity (Wildman–Crippen MR) is 70.0 cm³/mol. The van der Waals surface area contributed by atoms with Crippen molar-refractivity contribution < 1.29 is 9.53 Å². The van der Waals surface area contributed by atoms with Crippen LogP contribution < -0.4 is 5.73 Å². The number of nitrogens with zero attached hydrogens (tertiary/aromatic N) is 1. The number of aromatic nitrogens is 1. The first kappa shape index (κ1) is 14.3. The average Bonchev–Trinajstić information content (AvgIpc) is 2.35. The summed E-state index contributed by atoms with van der Waals surface area (Å²) in [6, 6.07) is 3.16. The number of methoxy groups -OCH3 is 1. The van der Waals surface area contributed by atoms with Gasteiger partial charge in [0.05, 0.1) is 7.11 Å². The minimum absolute atomic E-state index is 0.362. The highest BCUT2D eigenvalue weighted by molar-refractivity contribution is 7.98. The summed E-state index contributed by atoms with van der Waals surface area (Å²) in [5.74, 6) is 1.27. The molecule has 1 atom stereocenters. The van der Waals surface area contributed by atoms with Crippen molar-refractivity contribution in [3.63, 3.8) is 0 Å². The van der Waals surface area contributed by atoms with Crippen molar-refractivity contribution in [1.82, 2.24) is 4.98 Å². The molecular formula is C11H15ClN2O2S. The number of hydrogen-bond donors (Lipinski definition) is 1. The second kappa shape index (κ2) is 7.53.